The lowest BCUT2D eigenvalue weighted by molar-refractivity contribution is -0.332. The molecule has 15 heteroatoms. The van der Waals surface area contributed by atoms with Gasteiger partial charge < -0.3 is 64.2 Å². The second-order valence-electron chi connectivity index (χ2n) is 18.3. The average Bonchev–Trinajstić information content (AvgIpc) is 3.37. The molecular weight excluding hydrogens is 925 g/mol. The number of allylic oxidation sites excluding steroid dienone is 16. The van der Waals surface area contributed by atoms with Crippen LogP contribution in [-0.4, -0.2) is 142 Å². The average molecular weight is 1020 g/mol. The van der Waals surface area contributed by atoms with E-state index < -0.39 is 99.3 Å². The Balaban J connectivity index is 1.82. The van der Waals surface area contributed by atoms with Gasteiger partial charge in [-0.15, -0.1) is 0 Å². The number of aliphatic hydroxyl groups excluding tert-OH is 7. The standard InChI is InChI=1S/C57H92O15/c1-3-5-7-9-11-13-15-17-19-21-22-24-26-28-30-32-34-36-38-40-49(60)70-45(42-67-48(59)39-37-35-33-31-29-27-25-23-20-18-16-14-12-10-8-6-4-2)43-68-56-55(66)53(64)51(62)47(72-56)44-69-57-54(65)52(63)50(61)46(41-58)71-57/h5-8,11-14,17-20,22,24,28,30,45-47,50-58,61-66H,3-4,9-10,15-16,21,23,25-27,29,31-44H2,1-2H3/b7-5-,8-6-,13-11-,14-12-,19-17-,20-18-,24-22-,30-28-. The first-order valence-corrected chi connectivity index (χ1v) is 26.8. The van der Waals surface area contributed by atoms with E-state index >= 15 is 0 Å². The molecule has 0 spiro atoms. The van der Waals surface area contributed by atoms with Crippen LogP contribution in [0.25, 0.3) is 0 Å². The monoisotopic (exact) mass is 1020 g/mol. The van der Waals surface area contributed by atoms with Crippen molar-refractivity contribution in [1.29, 1.82) is 0 Å². The highest BCUT2D eigenvalue weighted by Gasteiger charge is 2.47. The SMILES string of the molecule is CC/C=C\C/C=C\C/C=C\C/C=C\C/C=C\CCCCCC(=O)OC(COC(=O)CCCCCCCCC/C=C\C/C=C\C/C=C\CC)COC1OC(COC2OC(CO)C(O)C(O)C2O)C(O)C(O)C1O. The molecule has 0 amide bonds. The normalized spacial score (nSPS) is 25.8. The van der Waals surface area contributed by atoms with Gasteiger partial charge in [0.1, 0.15) is 55.4 Å². The minimum absolute atomic E-state index is 0.118. The third-order valence-corrected chi connectivity index (χ3v) is 12.1. The molecule has 72 heavy (non-hydrogen) atoms. The van der Waals surface area contributed by atoms with Crippen LogP contribution in [0, 0.1) is 0 Å². The number of hydrogen-bond donors (Lipinski definition) is 7. The van der Waals surface area contributed by atoms with Crippen LogP contribution in [-0.2, 0) is 38.0 Å². The highest BCUT2D eigenvalue weighted by molar-refractivity contribution is 5.70. The topological polar surface area (TPSA) is 231 Å². The van der Waals surface area contributed by atoms with Gasteiger partial charge in [0.25, 0.3) is 0 Å². The fourth-order valence-electron chi connectivity index (χ4n) is 7.73. The van der Waals surface area contributed by atoms with Gasteiger partial charge in [-0.05, 0) is 89.9 Å². The minimum atomic E-state index is -1.78. The Labute approximate surface area is 430 Å². The summed E-state index contributed by atoms with van der Waals surface area (Å²) < 4.78 is 33.6. The van der Waals surface area contributed by atoms with Crippen molar-refractivity contribution in [2.45, 2.75) is 223 Å². The first-order valence-electron chi connectivity index (χ1n) is 26.8. The Kier molecular flexibility index (Phi) is 38.3. The van der Waals surface area contributed by atoms with Crippen molar-refractivity contribution in [3.8, 4) is 0 Å². The van der Waals surface area contributed by atoms with Gasteiger partial charge in [0.05, 0.1) is 19.8 Å². The Bertz CT molecular complexity index is 1620. The Morgan fingerprint density at radius 1 is 0.444 bits per heavy atom. The van der Waals surface area contributed by atoms with Gasteiger partial charge in [-0.2, -0.15) is 0 Å². The molecule has 410 valence electrons. The third kappa shape index (κ3) is 30.0. The number of carbonyl (C=O) groups is 2. The predicted molar refractivity (Wildman–Crippen MR) is 279 cm³/mol. The van der Waals surface area contributed by atoms with Crippen LogP contribution in [0.5, 0.6) is 0 Å². The van der Waals surface area contributed by atoms with Gasteiger partial charge in [-0.3, -0.25) is 9.59 Å². The van der Waals surface area contributed by atoms with Gasteiger partial charge in [-0.1, -0.05) is 150 Å². The van der Waals surface area contributed by atoms with E-state index in [9.17, 15) is 45.3 Å². The summed E-state index contributed by atoms with van der Waals surface area (Å²) in [4.78, 5) is 25.8. The quantitative estimate of drug-likeness (QED) is 0.0174. The maximum absolute atomic E-state index is 13.0. The molecule has 0 bridgehead atoms. The molecule has 2 heterocycles. The molecule has 2 rings (SSSR count). The predicted octanol–water partition coefficient (Wildman–Crippen LogP) is 8.15. The third-order valence-electron chi connectivity index (χ3n) is 12.1. The van der Waals surface area contributed by atoms with Crippen molar-refractivity contribution < 1.29 is 73.8 Å². The van der Waals surface area contributed by atoms with Crippen molar-refractivity contribution in [1.82, 2.24) is 0 Å². The molecule has 11 unspecified atom stereocenters. The Morgan fingerprint density at radius 3 is 1.32 bits per heavy atom. The molecule has 0 aromatic rings. The number of carbonyl (C=O) groups excluding carboxylic acids is 2. The van der Waals surface area contributed by atoms with Crippen molar-refractivity contribution in [2.75, 3.05) is 26.4 Å². The Hall–Kier alpha value is -3.58. The van der Waals surface area contributed by atoms with Gasteiger partial charge in [0, 0.05) is 12.8 Å². The molecule has 0 saturated carbocycles. The first kappa shape index (κ1) is 64.5. The summed E-state index contributed by atoms with van der Waals surface area (Å²) in [6.45, 7) is 2.30. The molecule has 2 fully saturated rings. The fourth-order valence-corrected chi connectivity index (χ4v) is 7.73. The molecular formula is C57H92O15. The number of aliphatic hydroxyl groups is 7. The van der Waals surface area contributed by atoms with Crippen molar-refractivity contribution in [3.05, 3.63) is 97.2 Å². The van der Waals surface area contributed by atoms with E-state index in [0.717, 1.165) is 116 Å². The van der Waals surface area contributed by atoms with Crippen LogP contribution in [0.15, 0.2) is 97.2 Å². The zero-order valence-corrected chi connectivity index (χ0v) is 43.4. The van der Waals surface area contributed by atoms with Crippen LogP contribution in [0.1, 0.15) is 155 Å². The summed E-state index contributed by atoms with van der Waals surface area (Å²) in [5, 5.41) is 72.2. The van der Waals surface area contributed by atoms with Crippen LogP contribution < -0.4 is 0 Å². The zero-order valence-electron chi connectivity index (χ0n) is 43.4. The highest BCUT2D eigenvalue weighted by Crippen LogP contribution is 2.26. The van der Waals surface area contributed by atoms with Crippen LogP contribution >= 0.6 is 0 Å². The largest absolute Gasteiger partial charge is 0.462 e. The van der Waals surface area contributed by atoms with E-state index in [4.69, 9.17) is 28.4 Å². The van der Waals surface area contributed by atoms with Gasteiger partial charge >= 0.3 is 11.9 Å². The molecule has 0 aromatic heterocycles. The maximum Gasteiger partial charge on any atom is 0.306 e. The van der Waals surface area contributed by atoms with E-state index in [-0.39, 0.29) is 19.4 Å². The van der Waals surface area contributed by atoms with E-state index in [1.165, 1.54) is 0 Å². The van der Waals surface area contributed by atoms with Gasteiger partial charge in [-0.25, -0.2) is 0 Å². The lowest BCUT2D eigenvalue weighted by Gasteiger charge is -2.42. The molecule has 15 nitrogen and oxygen atoms in total. The second-order valence-corrected chi connectivity index (χ2v) is 18.3. The van der Waals surface area contributed by atoms with E-state index in [1.807, 2.05) is 0 Å². The molecule has 2 aliphatic heterocycles. The zero-order chi connectivity index (χ0) is 52.4. The molecule has 0 aromatic carbocycles. The second kappa shape index (κ2) is 42.7. The molecule has 7 N–H and O–H groups in total. The number of esters is 2. The molecule has 11 atom stereocenters. The summed E-state index contributed by atoms with van der Waals surface area (Å²) in [7, 11) is 0. The minimum Gasteiger partial charge on any atom is -0.462 e. The Morgan fingerprint density at radius 2 is 0.833 bits per heavy atom. The maximum atomic E-state index is 13.0. The summed E-state index contributed by atoms with van der Waals surface area (Å²) in [5.74, 6) is -0.983. The van der Waals surface area contributed by atoms with Crippen molar-refractivity contribution >= 4 is 11.9 Å². The van der Waals surface area contributed by atoms with Crippen molar-refractivity contribution in [3.63, 3.8) is 0 Å². The van der Waals surface area contributed by atoms with E-state index in [1.54, 1.807) is 0 Å². The summed E-state index contributed by atoms with van der Waals surface area (Å²) >= 11 is 0. The number of ether oxygens (including phenoxy) is 6. The van der Waals surface area contributed by atoms with Crippen molar-refractivity contribution in [2.24, 2.45) is 0 Å². The van der Waals surface area contributed by atoms with E-state index in [2.05, 4.69) is 111 Å². The molecule has 0 aliphatic carbocycles. The van der Waals surface area contributed by atoms with E-state index in [0.29, 0.717) is 12.8 Å². The lowest BCUT2D eigenvalue weighted by atomic mass is 9.98. The fraction of sp³-hybridized carbons (Fsp3) is 0.684. The number of hydrogen-bond acceptors (Lipinski definition) is 15. The number of unbranched alkanes of at least 4 members (excludes halogenated alkanes) is 10. The van der Waals surface area contributed by atoms with Gasteiger partial charge in [0.2, 0.25) is 0 Å². The lowest BCUT2D eigenvalue weighted by Crippen LogP contribution is -2.61. The smallest absolute Gasteiger partial charge is 0.306 e. The van der Waals surface area contributed by atoms with Crippen LogP contribution in [0.3, 0.4) is 0 Å². The molecule has 0 radical (unpaired) electrons. The van der Waals surface area contributed by atoms with Gasteiger partial charge in [0.15, 0.2) is 18.7 Å². The molecule has 2 aliphatic rings. The van der Waals surface area contributed by atoms with Crippen LogP contribution in [0.2, 0.25) is 0 Å². The summed E-state index contributed by atoms with van der Waals surface area (Å²) in [5.41, 5.74) is 0. The first-order chi connectivity index (χ1) is 35.0. The highest BCUT2D eigenvalue weighted by atomic mass is 16.7. The molecule has 2 saturated heterocycles. The van der Waals surface area contributed by atoms with Crippen LogP contribution in [0.4, 0.5) is 0 Å². The number of rotatable bonds is 40. The summed E-state index contributed by atoms with van der Waals surface area (Å²) in [6.07, 6.45) is 37.1. The summed E-state index contributed by atoms with van der Waals surface area (Å²) in [6, 6.07) is 0.